The maximum Gasteiger partial charge on any atom is 0.246 e. The summed E-state index contributed by atoms with van der Waals surface area (Å²) in [6.45, 7) is 1.93. The molecule has 96 valence electrons. The van der Waals surface area contributed by atoms with Gasteiger partial charge in [-0.15, -0.1) is 0 Å². The highest BCUT2D eigenvalue weighted by molar-refractivity contribution is 5.78. The third-order valence-corrected chi connectivity index (χ3v) is 2.45. The Kier molecular flexibility index (Phi) is 3.88. The van der Waals surface area contributed by atoms with Crippen LogP contribution in [0.4, 0.5) is 0 Å². The average Bonchev–Trinajstić information content (AvgIpc) is 2.83. The van der Waals surface area contributed by atoms with Gasteiger partial charge in [-0.2, -0.15) is 10.2 Å². The van der Waals surface area contributed by atoms with E-state index in [9.17, 15) is 4.79 Å². The van der Waals surface area contributed by atoms with Gasteiger partial charge in [0.05, 0.1) is 24.6 Å². The van der Waals surface area contributed by atoms with E-state index in [-0.39, 0.29) is 18.9 Å². The maximum atomic E-state index is 11.7. The monoisotopic (exact) mass is 256 g/mol. The number of hydrogen-bond acceptors (Lipinski definition) is 5. The molecule has 0 aliphatic carbocycles. The first-order valence-electron chi connectivity index (χ1n) is 5.72. The van der Waals surface area contributed by atoms with E-state index >= 15 is 0 Å². The smallest absolute Gasteiger partial charge is 0.246 e. The minimum atomic E-state index is -0.138. The first kappa shape index (κ1) is 12.8. The zero-order chi connectivity index (χ0) is 13.7. The van der Waals surface area contributed by atoms with Crippen LogP contribution in [-0.4, -0.2) is 16.0 Å². The Morgan fingerprint density at radius 1 is 1.42 bits per heavy atom. The van der Waals surface area contributed by atoms with Crippen molar-refractivity contribution in [1.29, 1.82) is 5.26 Å². The third kappa shape index (κ3) is 3.64. The highest BCUT2D eigenvalue weighted by Crippen LogP contribution is 2.04. The fourth-order valence-electron chi connectivity index (χ4n) is 1.53. The van der Waals surface area contributed by atoms with Gasteiger partial charge in [-0.1, -0.05) is 17.3 Å². The van der Waals surface area contributed by atoms with E-state index in [0.717, 1.165) is 5.56 Å². The Labute approximate surface area is 110 Å². The molecule has 0 spiro atoms. The number of nitriles is 1. The summed E-state index contributed by atoms with van der Waals surface area (Å²) in [7, 11) is 0. The molecule has 0 saturated heterocycles. The lowest BCUT2D eigenvalue weighted by atomic mass is 10.1. The Morgan fingerprint density at radius 2 is 2.16 bits per heavy atom. The summed E-state index contributed by atoms with van der Waals surface area (Å²) in [6.07, 6.45) is 0.249. The second kappa shape index (κ2) is 5.78. The molecule has 0 atom stereocenters. The van der Waals surface area contributed by atoms with Gasteiger partial charge in [0.15, 0.2) is 5.82 Å². The van der Waals surface area contributed by atoms with Crippen LogP contribution in [0.3, 0.4) is 0 Å². The molecule has 1 aromatic carbocycles. The summed E-state index contributed by atoms with van der Waals surface area (Å²) >= 11 is 0. The van der Waals surface area contributed by atoms with Gasteiger partial charge in [0.1, 0.15) is 0 Å². The summed E-state index contributed by atoms with van der Waals surface area (Å²) in [6, 6.07) is 8.92. The lowest BCUT2D eigenvalue weighted by Crippen LogP contribution is -2.24. The molecule has 0 saturated carbocycles. The molecule has 0 aliphatic heterocycles. The number of nitrogens with zero attached hydrogens (tertiary/aromatic N) is 3. The highest BCUT2D eigenvalue weighted by Gasteiger charge is 2.06. The van der Waals surface area contributed by atoms with Crippen LogP contribution in [0.25, 0.3) is 0 Å². The van der Waals surface area contributed by atoms with E-state index in [0.29, 0.717) is 17.3 Å². The van der Waals surface area contributed by atoms with Crippen molar-refractivity contribution in [3.8, 4) is 6.07 Å². The first-order chi connectivity index (χ1) is 9.17. The fourth-order valence-corrected chi connectivity index (χ4v) is 1.53. The lowest BCUT2D eigenvalue weighted by molar-refractivity contribution is -0.120. The second-order valence-electron chi connectivity index (χ2n) is 4.00. The zero-order valence-electron chi connectivity index (χ0n) is 10.4. The normalized spacial score (nSPS) is 9.89. The van der Waals surface area contributed by atoms with Crippen LogP contribution in [0.1, 0.15) is 22.8 Å². The number of carbonyl (C=O) groups excluding carboxylic acids is 1. The van der Waals surface area contributed by atoms with E-state index < -0.39 is 0 Å². The number of hydrogen-bond donors (Lipinski definition) is 1. The molecule has 0 bridgehead atoms. The maximum absolute atomic E-state index is 11.7. The Balaban J connectivity index is 1.85. The number of benzene rings is 1. The van der Waals surface area contributed by atoms with E-state index in [1.54, 1.807) is 31.2 Å². The van der Waals surface area contributed by atoms with Crippen LogP contribution >= 0.6 is 0 Å². The fraction of sp³-hybridized carbons (Fsp3) is 0.231. The first-order valence-corrected chi connectivity index (χ1v) is 5.72. The van der Waals surface area contributed by atoms with Gasteiger partial charge >= 0.3 is 0 Å². The molecule has 0 unspecified atom stereocenters. The highest BCUT2D eigenvalue weighted by atomic mass is 16.5. The molecule has 1 aromatic heterocycles. The predicted molar refractivity (Wildman–Crippen MR) is 65.7 cm³/mol. The van der Waals surface area contributed by atoms with E-state index in [1.165, 1.54) is 0 Å². The third-order valence-electron chi connectivity index (χ3n) is 2.45. The van der Waals surface area contributed by atoms with Crippen molar-refractivity contribution < 1.29 is 9.32 Å². The minimum Gasteiger partial charge on any atom is -0.347 e. The summed E-state index contributed by atoms with van der Waals surface area (Å²) in [5.41, 5.74) is 1.42. The standard InChI is InChI=1S/C13H12N4O2/c1-9-16-13(19-17-9)8-15-12(18)6-10-2-4-11(7-14)5-3-10/h2-5H,6,8H2,1H3,(H,15,18). The van der Waals surface area contributed by atoms with Crippen LogP contribution in [-0.2, 0) is 17.8 Å². The van der Waals surface area contributed by atoms with Crippen LogP contribution in [0.2, 0.25) is 0 Å². The molecule has 6 heteroatoms. The SMILES string of the molecule is Cc1noc(CNC(=O)Cc2ccc(C#N)cc2)n1. The minimum absolute atomic E-state index is 0.138. The van der Waals surface area contributed by atoms with E-state index in [4.69, 9.17) is 9.78 Å². The number of rotatable bonds is 4. The van der Waals surface area contributed by atoms with Crippen molar-refractivity contribution in [2.75, 3.05) is 0 Å². The Morgan fingerprint density at radius 3 is 2.74 bits per heavy atom. The molecule has 0 radical (unpaired) electrons. The average molecular weight is 256 g/mol. The lowest BCUT2D eigenvalue weighted by Gasteiger charge is -2.02. The zero-order valence-corrected chi connectivity index (χ0v) is 10.4. The summed E-state index contributed by atoms with van der Waals surface area (Å²) in [4.78, 5) is 15.7. The number of nitrogens with one attached hydrogen (secondary N) is 1. The molecule has 2 rings (SSSR count). The molecule has 2 aromatic rings. The van der Waals surface area contributed by atoms with Gasteiger partial charge in [-0.25, -0.2) is 0 Å². The van der Waals surface area contributed by atoms with Gasteiger partial charge in [-0.05, 0) is 24.6 Å². The van der Waals surface area contributed by atoms with E-state index in [2.05, 4.69) is 15.5 Å². The molecule has 0 fully saturated rings. The van der Waals surface area contributed by atoms with Gasteiger partial charge in [0, 0.05) is 0 Å². The number of aryl methyl sites for hydroxylation is 1. The molecule has 1 N–H and O–H groups in total. The summed E-state index contributed by atoms with van der Waals surface area (Å²) < 4.78 is 4.88. The largest absolute Gasteiger partial charge is 0.347 e. The number of amides is 1. The molecular weight excluding hydrogens is 244 g/mol. The molecule has 19 heavy (non-hydrogen) atoms. The van der Waals surface area contributed by atoms with Crippen molar-refractivity contribution in [1.82, 2.24) is 15.5 Å². The predicted octanol–water partition coefficient (Wildman–Crippen LogP) is 1.11. The van der Waals surface area contributed by atoms with Crippen molar-refractivity contribution in [3.05, 3.63) is 47.1 Å². The van der Waals surface area contributed by atoms with Crippen molar-refractivity contribution >= 4 is 5.91 Å². The van der Waals surface area contributed by atoms with Crippen molar-refractivity contribution in [3.63, 3.8) is 0 Å². The van der Waals surface area contributed by atoms with Crippen LogP contribution in [0.15, 0.2) is 28.8 Å². The van der Waals surface area contributed by atoms with Crippen LogP contribution in [0.5, 0.6) is 0 Å². The molecule has 1 heterocycles. The van der Waals surface area contributed by atoms with Gasteiger partial charge in [0.25, 0.3) is 0 Å². The van der Waals surface area contributed by atoms with Crippen LogP contribution < -0.4 is 5.32 Å². The van der Waals surface area contributed by atoms with Gasteiger partial charge < -0.3 is 9.84 Å². The summed E-state index contributed by atoms with van der Waals surface area (Å²) in [5.74, 6) is 0.780. The number of aromatic nitrogens is 2. The number of carbonyl (C=O) groups is 1. The molecule has 0 aliphatic rings. The van der Waals surface area contributed by atoms with Crippen molar-refractivity contribution in [2.45, 2.75) is 19.9 Å². The Hall–Kier alpha value is -2.68. The molecule has 6 nitrogen and oxygen atoms in total. The van der Waals surface area contributed by atoms with Crippen LogP contribution in [0, 0.1) is 18.3 Å². The molecular formula is C13H12N4O2. The van der Waals surface area contributed by atoms with Crippen molar-refractivity contribution in [2.24, 2.45) is 0 Å². The van der Waals surface area contributed by atoms with Gasteiger partial charge in [0.2, 0.25) is 11.8 Å². The quantitative estimate of drug-likeness (QED) is 0.884. The Bertz CT molecular complexity index is 610. The second-order valence-corrected chi connectivity index (χ2v) is 4.00. The topological polar surface area (TPSA) is 91.8 Å². The van der Waals surface area contributed by atoms with Gasteiger partial charge in [-0.3, -0.25) is 4.79 Å². The van der Waals surface area contributed by atoms with E-state index in [1.807, 2.05) is 6.07 Å². The summed E-state index contributed by atoms with van der Waals surface area (Å²) in [5, 5.41) is 15.0. The molecule has 1 amide bonds.